The Hall–Kier alpha value is -3.14. The molecule has 0 spiro atoms. The first-order valence-electron chi connectivity index (χ1n) is 7.87. The van der Waals surface area contributed by atoms with E-state index < -0.39 is 5.97 Å². The quantitative estimate of drug-likeness (QED) is 0.473. The summed E-state index contributed by atoms with van der Waals surface area (Å²) in [6.45, 7) is 0. The molecule has 0 aliphatic carbocycles. The third-order valence-corrected chi connectivity index (χ3v) is 4.81. The molecule has 1 N–H and O–H groups in total. The minimum absolute atomic E-state index is 0.396. The summed E-state index contributed by atoms with van der Waals surface area (Å²) >= 11 is 7.30. The number of nitrogens with one attached hydrogen (secondary N) is 1. The van der Waals surface area contributed by atoms with E-state index in [-0.39, 0.29) is 0 Å². The first-order chi connectivity index (χ1) is 13.1. The van der Waals surface area contributed by atoms with E-state index in [9.17, 15) is 10.1 Å². The number of esters is 1. The first kappa shape index (κ1) is 18.6. The summed E-state index contributed by atoms with van der Waals surface area (Å²) in [5.74, 6) is -0.396. The Morgan fingerprint density at radius 1 is 1.22 bits per heavy atom. The van der Waals surface area contributed by atoms with E-state index in [1.807, 2.05) is 17.5 Å². The monoisotopic (exact) mass is 395 g/mol. The maximum absolute atomic E-state index is 11.4. The van der Waals surface area contributed by atoms with Gasteiger partial charge in [-0.1, -0.05) is 23.7 Å². The second-order valence-corrected chi connectivity index (χ2v) is 6.72. The van der Waals surface area contributed by atoms with Gasteiger partial charge in [0.15, 0.2) is 0 Å². The lowest BCUT2D eigenvalue weighted by atomic mass is 10.2. The Labute approximate surface area is 165 Å². The van der Waals surface area contributed by atoms with E-state index in [2.05, 4.69) is 21.1 Å². The highest BCUT2D eigenvalue weighted by Gasteiger charge is 2.09. The minimum Gasteiger partial charge on any atom is -0.465 e. The second-order valence-electron chi connectivity index (χ2n) is 5.43. The van der Waals surface area contributed by atoms with Crippen molar-refractivity contribution < 1.29 is 9.53 Å². The van der Waals surface area contributed by atoms with Crippen LogP contribution in [0.2, 0.25) is 5.02 Å². The molecule has 0 aliphatic rings. The van der Waals surface area contributed by atoms with Gasteiger partial charge in [-0.3, -0.25) is 0 Å². The molecule has 0 atom stereocenters. The number of methoxy groups -OCH3 is 1. The van der Waals surface area contributed by atoms with E-state index in [1.165, 1.54) is 18.4 Å². The third-order valence-electron chi connectivity index (χ3n) is 3.68. The molecule has 7 heteroatoms. The van der Waals surface area contributed by atoms with Gasteiger partial charge in [0.1, 0.15) is 16.6 Å². The number of hydrogen-bond acceptors (Lipinski definition) is 6. The molecule has 0 saturated carbocycles. The zero-order chi connectivity index (χ0) is 19.2. The number of thiazole rings is 1. The van der Waals surface area contributed by atoms with Crippen molar-refractivity contribution in [2.45, 2.75) is 0 Å². The number of ether oxygens (including phenoxy) is 1. The number of allylic oxidation sites excluding steroid dienone is 1. The van der Waals surface area contributed by atoms with Crippen LogP contribution in [-0.4, -0.2) is 18.1 Å². The number of aromatic nitrogens is 1. The van der Waals surface area contributed by atoms with E-state index in [1.54, 1.807) is 42.6 Å². The van der Waals surface area contributed by atoms with Crippen LogP contribution >= 0.6 is 22.9 Å². The smallest absolute Gasteiger partial charge is 0.337 e. The largest absolute Gasteiger partial charge is 0.465 e. The van der Waals surface area contributed by atoms with Crippen LogP contribution < -0.4 is 5.32 Å². The molecule has 0 radical (unpaired) electrons. The van der Waals surface area contributed by atoms with E-state index in [0.717, 1.165) is 16.9 Å². The third kappa shape index (κ3) is 4.53. The van der Waals surface area contributed by atoms with Crippen LogP contribution in [0.3, 0.4) is 0 Å². The normalized spacial score (nSPS) is 10.9. The molecule has 1 heterocycles. The van der Waals surface area contributed by atoms with Crippen molar-refractivity contribution in [1.82, 2.24) is 4.98 Å². The maximum atomic E-state index is 11.4. The summed E-state index contributed by atoms with van der Waals surface area (Å²) in [6.07, 6.45) is 1.59. The van der Waals surface area contributed by atoms with Gasteiger partial charge >= 0.3 is 5.97 Å². The van der Waals surface area contributed by atoms with Crippen LogP contribution in [0.1, 0.15) is 15.4 Å². The summed E-state index contributed by atoms with van der Waals surface area (Å²) in [4.78, 5) is 16.0. The second kappa shape index (κ2) is 8.49. The van der Waals surface area contributed by atoms with Crippen LogP contribution in [-0.2, 0) is 4.74 Å². The number of hydrogen-bond donors (Lipinski definition) is 1. The van der Waals surface area contributed by atoms with Gasteiger partial charge in [-0.25, -0.2) is 9.78 Å². The lowest BCUT2D eigenvalue weighted by Gasteiger charge is -2.03. The van der Waals surface area contributed by atoms with Crippen LogP contribution in [0.4, 0.5) is 5.69 Å². The van der Waals surface area contributed by atoms with E-state index >= 15 is 0 Å². The van der Waals surface area contributed by atoms with Crippen LogP contribution in [0.15, 0.2) is 60.1 Å². The fraction of sp³-hybridized carbons (Fsp3) is 0.0500. The van der Waals surface area contributed by atoms with Crippen molar-refractivity contribution in [3.05, 3.63) is 75.7 Å². The van der Waals surface area contributed by atoms with E-state index in [0.29, 0.717) is 21.2 Å². The topological polar surface area (TPSA) is 75.0 Å². The molecule has 27 heavy (non-hydrogen) atoms. The SMILES string of the molecule is COC(=O)c1ccc(N/C=C(\C#N)c2nc(-c3ccc(Cl)cc3)cs2)cc1. The summed E-state index contributed by atoms with van der Waals surface area (Å²) in [6, 6.07) is 16.3. The highest BCUT2D eigenvalue weighted by molar-refractivity contribution is 7.11. The molecule has 1 aromatic heterocycles. The highest BCUT2D eigenvalue weighted by atomic mass is 35.5. The fourth-order valence-corrected chi connectivity index (χ4v) is 3.19. The van der Waals surface area contributed by atoms with Crippen molar-refractivity contribution in [2.75, 3.05) is 12.4 Å². The predicted molar refractivity (Wildman–Crippen MR) is 108 cm³/mol. The van der Waals surface area contributed by atoms with Crippen LogP contribution in [0.25, 0.3) is 16.8 Å². The number of halogens is 1. The Morgan fingerprint density at radius 2 is 1.93 bits per heavy atom. The Balaban J connectivity index is 1.76. The Bertz CT molecular complexity index is 1020. The van der Waals surface area contributed by atoms with Crippen molar-refractivity contribution >= 4 is 40.2 Å². The number of carbonyl (C=O) groups is 1. The summed E-state index contributed by atoms with van der Waals surface area (Å²) in [5.41, 5.74) is 3.34. The number of carbonyl (C=O) groups excluding carboxylic acids is 1. The molecule has 0 amide bonds. The van der Waals surface area contributed by atoms with Crippen LogP contribution in [0.5, 0.6) is 0 Å². The number of benzene rings is 2. The average Bonchev–Trinajstić information content (AvgIpc) is 3.19. The number of anilines is 1. The van der Waals surface area contributed by atoms with Crippen molar-refractivity contribution in [2.24, 2.45) is 0 Å². The van der Waals surface area contributed by atoms with Crippen LogP contribution in [0, 0.1) is 11.3 Å². The Kier molecular flexibility index (Phi) is 5.87. The molecule has 134 valence electrons. The molecule has 0 saturated heterocycles. The van der Waals surface area contributed by atoms with Crippen molar-refractivity contribution in [3.63, 3.8) is 0 Å². The predicted octanol–water partition coefficient (Wildman–Crippen LogP) is 5.23. The van der Waals surface area contributed by atoms with Gasteiger partial charge in [-0.05, 0) is 36.4 Å². The average molecular weight is 396 g/mol. The van der Waals surface area contributed by atoms with Gasteiger partial charge in [0.2, 0.25) is 0 Å². The summed E-state index contributed by atoms with van der Waals surface area (Å²) in [5, 5.41) is 15.7. The lowest BCUT2D eigenvalue weighted by Crippen LogP contribution is -2.00. The zero-order valence-electron chi connectivity index (χ0n) is 14.3. The van der Waals surface area contributed by atoms with Crippen molar-refractivity contribution in [1.29, 1.82) is 5.26 Å². The zero-order valence-corrected chi connectivity index (χ0v) is 15.8. The first-order valence-corrected chi connectivity index (χ1v) is 9.13. The standard InChI is InChI=1S/C20H14ClN3O2S/c1-26-20(25)14-4-8-17(9-5-14)23-11-15(10-22)19-24-18(12-27-19)13-2-6-16(21)7-3-13/h2-9,11-12,23H,1H3/b15-11+. The molecule has 2 aromatic carbocycles. The number of nitriles is 1. The molecule has 0 aliphatic heterocycles. The minimum atomic E-state index is -0.396. The molecular formula is C20H14ClN3O2S. The molecular weight excluding hydrogens is 382 g/mol. The van der Waals surface area contributed by atoms with Gasteiger partial charge in [-0.15, -0.1) is 11.3 Å². The van der Waals surface area contributed by atoms with E-state index in [4.69, 9.17) is 11.6 Å². The van der Waals surface area contributed by atoms with Gasteiger partial charge in [0, 0.05) is 27.9 Å². The van der Waals surface area contributed by atoms with Gasteiger partial charge in [0.05, 0.1) is 18.4 Å². The van der Waals surface area contributed by atoms with Gasteiger partial charge in [-0.2, -0.15) is 5.26 Å². The molecule has 5 nitrogen and oxygen atoms in total. The highest BCUT2D eigenvalue weighted by Crippen LogP contribution is 2.27. The molecule has 3 rings (SSSR count). The molecule has 0 fully saturated rings. The fourth-order valence-electron chi connectivity index (χ4n) is 2.27. The summed E-state index contributed by atoms with van der Waals surface area (Å²) in [7, 11) is 1.34. The molecule has 3 aromatic rings. The number of nitrogens with zero attached hydrogens (tertiary/aromatic N) is 2. The molecule has 0 bridgehead atoms. The maximum Gasteiger partial charge on any atom is 0.337 e. The van der Waals surface area contributed by atoms with Gasteiger partial charge < -0.3 is 10.1 Å². The Morgan fingerprint density at radius 3 is 2.56 bits per heavy atom. The summed E-state index contributed by atoms with van der Waals surface area (Å²) < 4.78 is 4.67. The van der Waals surface area contributed by atoms with Gasteiger partial charge in [0.25, 0.3) is 0 Å². The van der Waals surface area contributed by atoms with Crippen molar-refractivity contribution in [3.8, 4) is 17.3 Å². The molecule has 0 unspecified atom stereocenters. The number of rotatable bonds is 5. The lowest BCUT2D eigenvalue weighted by molar-refractivity contribution is 0.0601.